The number of fused-ring (bicyclic) bond motifs is 1. The summed E-state index contributed by atoms with van der Waals surface area (Å²) in [6.45, 7) is 11.3. The molecule has 39 heavy (non-hydrogen) atoms. The molecule has 4 rings (SSSR count). The van der Waals surface area contributed by atoms with E-state index >= 15 is 0 Å². The number of unbranched alkanes of at least 4 members (excludes halogenated alkanes) is 2. The van der Waals surface area contributed by atoms with Crippen molar-refractivity contribution in [3.8, 4) is 5.75 Å². The van der Waals surface area contributed by atoms with Gasteiger partial charge in [-0.25, -0.2) is 4.57 Å². The molecular formula is C31H39Cl2N3O3. The number of carbonyl (C=O) groups excluding carboxylic acids is 1. The number of halogens is 2. The lowest BCUT2D eigenvalue weighted by Crippen LogP contribution is -2.46. The molecule has 210 valence electrons. The monoisotopic (exact) mass is 571 g/mol. The third kappa shape index (κ3) is 7.16. The van der Waals surface area contributed by atoms with E-state index in [1.165, 1.54) is 10.6 Å². The summed E-state index contributed by atoms with van der Waals surface area (Å²) in [5.41, 5.74) is 0.695. The third-order valence-electron chi connectivity index (χ3n) is 7.59. The summed E-state index contributed by atoms with van der Waals surface area (Å²) in [5, 5.41) is 2.06. The van der Waals surface area contributed by atoms with E-state index < -0.39 is 5.41 Å². The lowest BCUT2D eigenvalue weighted by Gasteiger charge is -2.36. The number of benzene rings is 2. The second-order valence-corrected chi connectivity index (χ2v) is 11.8. The predicted octanol–water partition coefficient (Wildman–Crippen LogP) is 7.15. The van der Waals surface area contributed by atoms with Crippen molar-refractivity contribution in [2.45, 2.75) is 52.9 Å². The highest BCUT2D eigenvalue weighted by Crippen LogP contribution is 2.33. The smallest absolute Gasteiger partial charge is 0.257 e. The van der Waals surface area contributed by atoms with Crippen LogP contribution in [0.3, 0.4) is 0 Å². The van der Waals surface area contributed by atoms with E-state index in [1.54, 1.807) is 6.07 Å². The largest absolute Gasteiger partial charge is 0.494 e. The number of ether oxygens (including phenoxy) is 1. The molecule has 0 radical (unpaired) electrons. The molecule has 0 spiro atoms. The van der Waals surface area contributed by atoms with Crippen molar-refractivity contribution in [3.63, 3.8) is 0 Å². The minimum atomic E-state index is -0.614. The maximum atomic E-state index is 13.4. The second kappa shape index (κ2) is 13.2. The molecule has 2 heterocycles. The van der Waals surface area contributed by atoms with Crippen LogP contribution in [0.15, 0.2) is 53.3 Å². The van der Waals surface area contributed by atoms with E-state index in [2.05, 4.69) is 16.7 Å². The summed E-state index contributed by atoms with van der Waals surface area (Å²) >= 11 is 12.6. The first-order valence-electron chi connectivity index (χ1n) is 14.0. The minimum absolute atomic E-state index is 0.165. The first-order chi connectivity index (χ1) is 18.7. The minimum Gasteiger partial charge on any atom is -0.494 e. The van der Waals surface area contributed by atoms with Crippen molar-refractivity contribution < 1.29 is 9.53 Å². The zero-order valence-electron chi connectivity index (χ0n) is 23.2. The summed E-state index contributed by atoms with van der Waals surface area (Å²) in [4.78, 5) is 30.9. The van der Waals surface area contributed by atoms with E-state index in [0.717, 1.165) is 75.9 Å². The van der Waals surface area contributed by atoms with Gasteiger partial charge in [0, 0.05) is 43.7 Å². The van der Waals surface area contributed by atoms with Gasteiger partial charge in [-0.2, -0.15) is 0 Å². The van der Waals surface area contributed by atoms with Gasteiger partial charge in [0.2, 0.25) is 5.91 Å². The van der Waals surface area contributed by atoms with Crippen molar-refractivity contribution in [1.82, 2.24) is 9.47 Å². The van der Waals surface area contributed by atoms with E-state index in [-0.39, 0.29) is 11.5 Å². The number of rotatable bonds is 11. The first-order valence-corrected chi connectivity index (χ1v) is 14.7. The van der Waals surface area contributed by atoms with E-state index in [0.29, 0.717) is 27.9 Å². The van der Waals surface area contributed by atoms with Gasteiger partial charge in [0.25, 0.3) is 5.56 Å². The van der Waals surface area contributed by atoms with Crippen LogP contribution in [-0.4, -0.2) is 54.7 Å². The zero-order chi connectivity index (χ0) is 28.0. The highest BCUT2D eigenvalue weighted by molar-refractivity contribution is 6.43. The molecule has 0 bridgehead atoms. The molecule has 1 aliphatic heterocycles. The molecule has 1 aromatic heterocycles. The molecule has 6 nitrogen and oxygen atoms in total. The Morgan fingerprint density at radius 2 is 1.72 bits per heavy atom. The number of pyridine rings is 1. The van der Waals surface area contributed by atoms with Gasteiger partial charge in [0.05, 0.1) is 27.9 Å². The van der Waals surface area contributed by atoms with E-state index in [4.69, 9.17) is 27.9 Å². The van der Waals surface area contributed by atoms with Gasteiger partial charge in [0.15, 0.2) is 0 Å². The molecule has 3 aromatic rings. The number of carbonyl (C=O) groups is 1. The lowest BCUT2D eigenvalue weighted by molar-refractivity contribution is 0.0731. The number of hydrogen-bond donors (Lipinski definition) is 0. The Morgan fingerprint density at radius 3 is 2.46 bits per heavy atom. The second-order valence-electron chi connectivity index (χ2n) is 11.0. The van der Waals surface area contributed by atoms with Crippen LogP contribution in [0, 0.1) is 5.41 Å². The van der Waals surface area contributed by atoms with Crippen molar-refractivity contribution in [2.24, 2.45) is 5.41 Å². The zero-order valence-corrected chi connectivity index (χ0v) is 24.7. The molecule has 8 heteroatoms. The molecule has 1 saturated heterocycles. The van der Waals surface area contributed by atoms with Crippen LogP contribution in [0.4, 0.5) is 5.69 Å². The average molecular weight is 573 g/mol. The Balaban J connectivity index is 1.29. The Hall–Kier alpha value is -2.54. The molecule has 0 aliphatic carbocycles. The van der Waals surface area contributed by atoms with Crippen molar-refractivity contribution in [2.75, 3.05) is 44.2 Å². The Bertz CT molecular complexity index is 1350. The number of hydrogen-bond acceptors (Lipinski definition) is 5. The van der Waals surface area contributed by atoms with Gasteiger partial charge in [-0.05, 0) is 61.5 Å². The van der Waals surface area contributed by atoms with E-state index in [9.17, 15) is 9.59 Å². The summed E-state index contributed by atoms with van der Waals surface area (Å²) < 4.78 is 7.37. The third-order valence-corrected chi connectivity index (χ3v) is 8.40. The predicted molar refractivity (Wildman–Crippen MR) is 162 cm³/mol. The first kappa shape index (κ1) is 29.4. The molecular weight excluding hydrogens is 533 g/mol. The Morgan fingerprint density at radius 1 is 0.974 bits per heavy atom. The number of anilines is 1. The maximum absolute atomic E-state index is 13.4. The van der Waals surface area contributed by atoms with Crippen molar-refractivity contribution in [1.29, 1.82) is 0 Å². The van der Waals surface area contributed by atoms with Crippen molar-refractivity contribution in [3.05, 3.63) is 68.9 Å². The topological polar surface area (TPSA) is 54.8 Å². The molecule has 0 amide bonds. The molecule has 1 fully saturated rings. The fourth-order valence-electron chi connectivity index (χ4n) is 5.12. The maximum Gasteiger partial charge on any atom is 0.257 e. The number of aromatic nitrogens is 1. The standard InChI is InChI=1S/C31H39Cl2N3O3/c1-4-5-15-31(2,3)30(38)36-27-22-24(13-11-23(27)12-14-28(36)37)39-21-7-6-16-34-17-19-35(20-18-34)26-10-8-9-25(32)29(26)33/h8-14,22H,4-7,15-21H2,1-3H3. The molecule has 0 N–H and O–H groups in total. The summed E-state index contributed by atoms with van der Waals surface area (Å²) in [6, 6.07) is 14.7. The molecule has 0 saturated carbocycles. The van der Waals surface area contributed by atoms with Crippen LogP contribution in [0.5, 0.6) is 5.75 Å². The van der Waals surface area contributed by atoms with Crippen LogP contribution in [0.2, 0.25) is 10.0 Å². The Labute approximate surface area is 241 Å². The van der Waals surface area contributed by atoms with Gasteiger partial charge in [0.1, 0.15) is 5.75 Å². The molecule has 0 unspecified atom stereocenters. The van der Waals surface area contributed by atoms with Crippen LogP contribution < -0.4 is 15.2 Å². The van der Waals surface area contributed by atoms with Crippen LogP contribution >= 0.6 is 23.2 Å². The number of nitrogens with zero attached hydrogens (tertiary/aromatic N) is 3. The highest BCUT2D eigenvalue weighted by atomic mass is 35.5. The van der Waals surface area contributed by atoms with Gasteiger partial charge in [-0.3, -0.25) is 14.5 Å². The fraction of sp³-hybridized carbons (Fsp3) is 0.484. The summed E-state index contributed by atoms with van der Waals surface area (Å²) in [5.74, 6) is 0.509. The Kier molecular flexibility index (Phi) is 9.97. The summed E-state index contributed by atoms with van der Waals surface area (Å²) in [6.07, 6.45) is 4.64. The quantitative estimate of drug-likeness (QED) is 0.229. The van der Waals surface area contributed by atoms with E-state index in [1.807, 2.05) is 50.2 Å². The fourth-order valence-corrected chi connectivity index (χ4v) is 5.53. The van der Waals surface area contributed by atoms with Crippen molar-refractivity contribution >= 4 is 45.7 Å². The van der Waals surface area contributed by atoms with Crippen LogP contribution in [-0.2, 0) is 0 Å². The highest BCUT2D eigenvalue weighted by Gasteiger charge is 2.30. The SMILES string of the molecule is CCCCC(C)(C)C(=O)n1c(=O)ccc2ccc(OCCCCN3CCN(c4cccc(Cl)c4Cl)CC3)cc21. The molecule has 1 aliphatic rings. The van der Waals surface area contributed by atoms with Gasteiger partial charge < -0.3 is 9.64 Å². The molecule has 0 atom stereocenters. The number of piperazine rings is 1. The van der Waals surface area contributed by atoms with Gasteiger partial charge in [-0.15, -0.1) is 0 Å². The average Bonchev–Trinajstić information content (AvgIpc) is 2.93. The van der Waals surface area contributed by atoms with Gasteiger partial charge in [-0.1, -0.05) is 62.9 Å². The van der Waals surface area contributed by atoms with Gasteiger partial charge >= 0.3 is 0 Å². The lowest BCUT2D eigenvalue weighted by atomic mass is 9.86. The van der Waals surface area contributed by atoms with Crippen LogP contribution in [0.25, 0.3) is 10.9 Å². The van der Waals surface area contributed by atoms with Crippen LogP contribution in [0.1, 0.15) is 57.7 Å². The molecule has 2 aromatic carbocycles. The summed E-state index contributed by atoms with van der Waals surface area (Å²) in [7, 11) is 0. The normalized spacial score (nSPS) is 14.6.